The topological polar surface area (TPSA) is 6.48 Å². The normalized spacial score (nSPS) is 22.3. The van der Waals surface area contributed by atoms with Crippen LogP contribution in [-0.4, -0.2) is 42.0 Å². The third kappa shape index (κ3) is 3.82. The van der Waals surface area contributed by atoms with E-state index in [0.29, 0.717) is 0 Å². The fourth-order valence-corrected chi connectivity index (χ4v) is 3.61. The lowest BCUT2D eigenvalue weighted by Crippen LogP contribution is -2.49. The average molecular weight is 312 g/mol. The van der Waals surface area contributed by atoms with Gasteiger partial charge in [-0.25, -0.2) is 0 Å². The molecule has 1 aromatic carbocycles. The van der Waals surface area contributed by atoms with E-state index < -0.39 is 11.7 Å². The molecule has 0 bridgehead atoms. The number of alkyl halides is 3. The number of hydrogen-bond acceptors (Lipinski definition) is 2. The van der Waals surface area contributed by atoms with Crippen molar-refractivity contribution in [2.45, 2.75) is 44.4 Å². The molecule has 1 saturated carbocycles. The van der Waals surface area contributed by atoms with Crippen molar-refractivity contribution in [2.24, 2.45) is 0 Å². The second-order valence-corrected chi connectivity index (χ2v) is 6.45. The largest absolute Gasteiger partial charge is 0.416 e. The highest BCUT2D eigenvalue weighted by atomic mass is 19.4. The minimum Gasteiger partial charge on any atom is -0.298 e. The molecule has 122 valence electrons. The Labute approximate surface area is 129 Å². The lowest BCUT2D eigenvalue weighted by molar-refractivity contribution is -0.137. The highest BCUT2D eigenvalue weighted by molar-refractivity contribution is 5.24. The molecule has 22 heavy (non-hydrogen) atoms. The summed E-state index contributed by atoms with van der Waals surface area (Å²) in [5.74, 6) is 0. The van der Waals surface area contributed by atoms with E-state index in [1.54, 1.807) is 12.1 Å². The van der Waals surface area contributed by atoms with Crippen molar-refractivity contribution in [3.8, 4) is 0 Å². The Hall–Kier alpha value is -1.07. The van der Waals surface area contributed by atoms with Crippen LogP contribution >= 0.6 is 0 Å². The van der Waals surface area contributed by atoms with Gasteiger partial charge < -0.3 is 0 Å². The van der Waals surface area contributed by atoms with Gasteiger partial charge in [-0.3, -0.25) is 9.80 Å². The Kier molecular flexibility index (Phi) is 4.73. The fraction of sp³-hybridized carbons (Fsp3) is 0.647. The molecule has 2 fully saturated rings. The van der Waals surface area contributed by atoms with Gasteiger partial charge in [0.2, 0.25) is 0 Å². The van der Waals surface area contributed by atoms with E-state index in [1.807, 2.05) is 0 Å². The summed E-state index contributed by atoms with van der Waals surface area (Å²) < 4.78 is 37.7. The summed E-state index contributed by atoms with van der Waals surface area (Å²) in [6, 6.07) is 6.35. The second kappa shape index (κ2) is 6.59. The van der Waals surface area contributed by atoms with Crippen LogP contribution in [0, 0.1) is 0 Å². The van der Waals surface area contributed by atoms with Crippen molar-refractivity contribution in [3.05, 3.63) is 35.4 Å². The number of halogens is 3. The van der Waals surface area contributed by atoms with Gasteiger partial charge in [-0.1, -0.05) is 25.0 Å². The zero-order valence-corrected chi connectivity index (χ0v) is 12.8. The molecule has 2 nitrogen and oxygen atoms in total. The van der Waals surface area contributed by atoms with E-state index in [0.717, 1.165) is 44.3 Å². The first-order valence-corrected chi connectivity index (χ1v) is 8.15. The first-order valence-electron chi connectivity index (χ1n) is 8.15. The maximum atomic E-state index is 12.6. The second-order valence-electron chi connectivity index (χ2n) is 6.45. The van der Waals surface area contributed by atoms with Crippen LogP contribution in [0.15, 0.2) is 24.3 Å². The van der Waals surface area contributed by atoms with Gasteiger partial charge in [0, 0.05) is 38.8 Å². The molecule has 1 saturated heterocycles. The van der Waals surface area contributed by atoms with Crippen LogP contribution in [0.4, 0.5) is 13.2 Å². The Balaban J connectivity index is 1.50. The zero-order chi connectivity index (χ0) is 15.6. The summed E-state index contributed by atoms with van der Waals surface area (Å²) in [5, 5.41) is 0. The molecule has 0 N–H and O–H groups in total. The van der Waals surface area contributed by atoms with Crippen LogP contribution in [0.3, 0.4) is 0 Å². The number of benzene rings is 1. The summed E-state index contributed by atoms with van der Waals surface area (Å²) in [6.45, 7) is 4.95. The van der Waals surface area contributed by atoms with Crippen LogP contribution in [0.1, 0.15) is 36.8 Å². The summed E-state index contributed by atoms with van der Waals surface area (Å²) in [7, 11) is 0. The minimum atomic E-state index is -4.24. The van der Waals surface area contributed by atoms with E-state index in [1.165, 1.54) is 37.8 Å². The van der Waals surface area contributed by atoms with Gasteiger partial charge in [-0.05, 0) is 30.5 Å². The van der Waals surface area contributed by atoms with E-state index in [-0.39, 0.29) is 0 Å². The van der Waals surface area contributed by atoms with E-state index >= 15 is 0 Å². The number of hydrogen-bond donors (Lipinski definition) is 0. The molecule has 0 aromatic heterocycles. The molecule has 1 aromatic rings. The van der Waals surface area contributed by atoms with Gasteiger partial charge in [-0.15, -0.1) is 0 Å². The molecule has 3 rings (SSSR count). The quantitative estimate of drug-likeness (QED) is 0.838. The molecule has 0 unspecified atom stereocenters. The summed E-state index contributed by atoms with van der Waals surface area (Å²) >= 11 is 0. The molecule has 1 aliphatic carbocycles. The van der Waals surface area contributed by atoms with Crippen molar-refractivity contribution >= 4 is 0 Å². The monoisotopic (exact) mass is 312 g/mol. The predicted molar refractivity (Wildman–Crippen MR) is 80.6 cm³/mol. The molecule has 0 radical (unpaired) electrons. The van der Waals surface area contributed by atoms with Crippen molar-refractivity contribution in [1.29, 1.82) is 0 Å². The lowest BCUT2D eigenvalue weighted by Gasteiger charge is -2.38. The highest BCUT2D eigenvalue weighted by Crippen LogP contribution is 2.29. The Bertz CT molecular complexity index is 470. The number of rotatable bonds is 3. The molecular formula is C17H23F3N2. The fourth-order valence-electron chi connectivity index (χ4n) is 3.61. The zero-order valence-electron chi connectivity index (χ0n) is 12.8. The van der Waals surface area contributed by atoms with Crippen molar-refractivity contribution in [1.82, 2.24) is 9.80 Å². The van der Waals surface area contributed by atoms with Crippen LogP contribution < -0.4 is 0 Å². The van der Waals surface area contributed by atoms with Crippen LogP contribution in [0.25, 0.3) is 0 Å². The SMILES string of the molecule is FC(F)(F)c1ccc(CN2CCN(C3CCCC3)CC2)cc1. The molecule has 1 heterocycles. The highest BCUT2D eigenvalue weighted by Gasteiger charge is 2.30. The Morgan fingerprint density at radius 2 is 1.50 bits per heavy atom. The van der Waals surface area contributed by atoms with Gasteiger partial charge in [0.15, 0.2) is 0 Å². The van der Waals surface area contributed by atoms with Crippen molar-refractivity contribution in [2.75, 3.05) is 26.2 Å². The molecule has 0 spiro atoms. The maximum Gasteiger partial charge on any atom is 0.416 e. The summed E-state index contributed by atoms with van der Waals surface area (Å²) in [5.41, 5.74) is 0.393. The molecule has 5 heteroatoms. The standard InChI is InChI=1S/C17H23F3N2/c18-17(19,20)15-7-5-14(6-8-15)13-21-9-11-22(12-10-21)16-3-1-2-4-16/h5-8,16H,1-4,9-13H2. The average Bonchev–Trinajstić information content (AvgIpc) is 3.02. The van der Waals surface area contributed by atoms with Crippen LogP contribution in [0.2, 0.25) is 0 Å². The van der Waals surface area contributed by atoms with E-state index in [4.69, 9.17) is 0 Å². The van der Waals surface area contributed by atoms with Crippen LogP contribution in [-0.2, 0) is 12.7 Å². The smallest absolute Gasteiger partial charge is 0.298 e. The van der Waals surface area contributed by atoms with Gasteiger partial charge in [0.25, 0.3) is 0 Å². The third-order valence-corrected chi connectivity index (χ3v) is 4.94. The van der Waals surface area contributed by atoms with E-state index in [2.05, 4.69) is 9.80 Å². The van der Waals surface area contributed by atoms with Crippen molar-refractivity contribution in [3.63, 3.8) is 0 Å². The molecule has 0 atom stereocenters. The molecular weight excluding hydrogens is 289 g/mol. The van der Waals surface area contributed by atoms with Gasteiger partial charge in [-0.2, -0.15) is 13.2 Å². The van der Waals surface area contributed by atoms with Gasteiger partial charge in [0.05, 0.1) is 5.56 Å². The summed E-state index contributed by atoms with van der Waals surface area (Å²) in [6.07, 6.45) is 1.14. The Morgan fingerprint density at radius 3 is 2.05 bits per heavy atom. The first-order chi connectivity index (χ1) is 10.5. The Morgan fingerprint density at radius 1 is 0.909 bits per heavy atom. The lowest BCUT2D eigenvalue weighted by atomic mass is 10.1. The molecule has 0 amide bonds. The molecule has 2 aliphatic rings. The van der Waals surface area contributed by atoms with Gasteiger partial charge in [0.1, 0.15) is 0 Å². The van der Waals surface area contributed by atoms with Crippen molar-refractivity contribution < 1.29 is 13.2 Å². The first kappa shape index (κ1) is 15.8. The van der Waals surface area contributed by atoms with E-state index in [9.17, 15) is 13.2 Å². The van der Waals surface area contributed by atoms with Crippen LogP contribution in [0.5, 0.6) is 0 Å². The number of nitrogens with zero attached hydrogens (tertiary/aromatic N) is 2. The van der Waals surface area contributed by atoms with Gasteiger partial charge >= 0.3 is 6.18 Å². The number of piperazine rings is 1. The minimum absolute atomic E-state index is 0.567. The predicted octanol–water partition coefficient (Wildman–Crippen LogP) is 3.77. The molecule has 1 aliphatic heterocycles. The summed E-state index contributed by atoms with van der Waals surface area (Å²) in [4.78, 5) is 4.93. The third-order valence-electron chi connectivity index (χ3n) is 4.94. The maximum absolute atomic E-state index is 12.6.